The molecule has 3 aliphatic rings. The molecule has 33 heavy (non-hydrogen) atoms. The van der Waals surface area contributed by atoms with Gasteiger partial charge in [-0.3, -0.25) is 10.1 Å². The Hall–Kier alpha value is -2.42. The highest BCUT2D eigenvalue weighted by molar-refractivity contribution is 7.89. The number of fused-ring (bicyclic) bond motifs is 3. The number of anilines is 1. The van der Waals surface area contributed by atoms with E-state index in [-0.39, 0.29) is 23.6 Å². The second kappa shape index (κ2) is 8.74. The summed E-state index contributed by atoms with van der Waals surface area (Å²) >= 11 is 6.47. The molecule has 1 saturated heterocycles. The zero-order valence-electron chi connectivity index (χ0n) is 18.1. The SMILES string of the molecule is O=[N+]([O-])c1ccc(Cl)c(C2Nc3ccc(S(=O)(=O)N4CCCCCC4)cc3C3C=CCC32)c1. The predicted molar refractivity (Wildman–Crippen MR) is 128 cm³/mol. The first kappa shape index (κ1) is 22.4. The third-order valence-corrected chi connectivity index (χ3v) is 9.30. The minimum Gasteiger partial charge on any atom is -0.378 e. The van der Waals surface area contributed by atoms with Crippen LogP contribution >= 0.6 is 11.6 Å². The molecule has 3 atom stereocenters. The van der Waals surface area contributed by atoms with Crippen LogP contribution in [0.5, 0.6) is 0 Å². The minimum absolute atomic E-state index is 0.00314. The van der Waals surface area contributed by atoms with E-state index in [0.29, 0.717) is 28.6 Å². The van der Waals surface area contributed by atoms with Gasteiger partial charge in [0.05, 0.1) is 15.9 Å². The van der Waals surface area contributed by atoms with Crippen LogP contribution in [0.4, 0.5) is 11.4 Å². The summed E-state index contributed by atoms with van der Waals surface area (Å²) in [7, 11) is -3.55. The summed E-state index contributed by atoms with van der Waals surface area (Å²) in [5, 5.41) is 15.3. The van der Waals surface area contributed by atoms with Crippen LogP contribution in [0.25, 0.3) is 0 Å². The number of halogens is 1. The van der Waals surface area contributed by atoms with E-state index in [2.05, 4.69) is 17.5 Å². The van der Waals surface area contributed by atoms with E-state index in [1.54, 1.807) is 28.6 Å². The Morgan fingerprint density at radius 2 is 1.79 bits per heavy atom. The molecule has 0 aromatic heterocycles. The molecule has 1 N–H and O–H groups in total. The van der Waals surface area contributed by atoms with Crippen molar-refractivity contribution < 1.29 is 13.3 Å². The highest BCUT2D eigenvalue weighted by atomic mass is 35.5. The molecule has 1 aliphatic carbocycles. The molecular weight excluding hydrogens is 462 g/mol. The molecule has 0 saturated carbocycles. The molecule has 0 radical (unpaired) electrons. The number of nitro benzene ring substituents is 1. The normalized spacial score (nSPS) is 25.1. The molecule has 5 rings (SSSR count). The van der Waals surface area contributed by atoms with Crippen LogP contribution in [0, 0.1) is 16.0 Å². The van der Waals surface area contributed by atoms with Crippen molar-refractivity contribution in [3.8, 4) is 0 Å². The van der Waals surface area contributed by atoms with Crippen LogP contribution in [0.3, 0.4) is 0 Å². The fourth-order valence-corrected chi connectivity index (χ4v) is 7.14. The first-order valence-corrected chi connectivity index (χ1v) is 13.2. The zero-order chi connectivity index (χ0) is 23.2. The smallest absolute Gasteiger partial charge is 0.269 e. The number of hydrogen-bond donors (Lipinski definition) is 1. The maximum atomic E-state index is 13.4. The van der Waals surface area contributed by atoms with Crippen molar-refractivity contribution in [1.82, 2.24) is 4.31 Å². The highest BCUT2D eigenvalue weighted by Crippen LogP contribution is 2.51. The number of sulfonamides is 1. The summed E-state index contributed by atoms with van der Waals surface area (Å²) in [4.78, 5) is 11.2. The van der Waals surface area contributed by atoms with E-state index in [0.717, 1.165) is 43.4 Å². The molecule has 0 amide bonds. The summed E-state index contributed by atoms with van der Waals surface area (Å²) < 4.78 is 28.3. The number of nitro groups is 1. The molecule has 1 fully saturated rings. The van der Waals surface area contributed by atoms with E-state index in [4.69, 9.17) is 11.6 Å². The van der Waals surface area contributed by atoms with Crippen LogP contribution in [-0.2, 0) is 10.0 Å². The van der Waals surface area contributed by atoms with Crippen LogP contribution in [0.15, 0.2) is 53.4 Å². The molecule has 2 aromatic carbocycles. The number of nitrogens with zero attached hydrogens (tertiary/aromatic N) is 2. The van der Waals surface area contributed by atoms with Gasteiger partial charge in [0, 0.05) is 47.4 Å². The number of benzene rings is 2. The lowest BCUT2D eigenvalue weighted by Crippen LogP contribution is -2.33. The lowest BCUT2D eigenvalue weighted by molar-refractivity contribution is -0.384. The minimum atomic E-state index is -3.55. The topological polar surface area (TPSA) is 92.5 Å². The van der Waals surface area contributed by atoms with Gasteiger partial charge in [-0.15, -0.1) is 0 Å². The lowest BCUT2D eigenvalue weighted by Gasteiger charge is -2.38. The fourth-order valence-electron chi connectivity index (χ4n) is 5.35. The van der Waals surface area contributed by atoms with Crippen molar-refractivity contribution >= 4 is 33.0 Å². The molecule has 0 bridgehead atoms. The van der Waals surface area contributed by atoms with Crippen molar-refractivity contribution in [2.75, 3.05) is 18.4 Å². The average molecular weight is 488 g/mol. The predicted octanol–water partition coefficient (Wildman–Crippen LogP) is 5.64. The van der Waals surface area contributed by atoms with Gasteiger partial charge >= 0.3 is 0 Å². The average Bonchev–Trinajstić information content (AvgIpc) is 3.13. The van der Waals surface area contributed by atoms with Gasteiger partial charge in [-0.05, 0) is 55.0 Å². The molecule has 9 heteroatoms. The summed E-state index contributed by atoms with van der Waals surface area (Å²) in [5.74, 6) is 0.106. The maximum absolute atomic E-state index is 13.4. The number of allylic oxidation sites excluding steroid dienone is 2. The van der Waals surface area contributed by atoms with Crippen molar-refractivity contribution in [3.05, 3.63) is 74.8 Å². The number of rotatable bonds is 4. The second-order valence-corrected chi connectivity index (χ2v) is 11.4. The zero-order valence-corrected chi connectivity index (χ0v) is 19.7. The van der Waals surface area contributed by atoms with Crippen LogP contribution < -0.4 is 5.32 Å². The maximum Gasteiger partial charge on any atom is 0.269 e. The molecule has 2 aliphatic heterocycles. The summed E-state index contributed by atoms with van der Waals surface area (Å²) in [6, 6.07) is 9.60. The van der Waals surface area contributed by atoms with Crippen LogP contribution in [-0.4, -0.2) is 30.7 Å². The van der Waals surface area contributed by atoms with Crippen molar-refractivity contribution in [3.63, 3.8) is 0 Å². The molecular formula is C24H26ClN3O4S. The molecule has 174 valence electrons. The van der Waals surface area contributed by atoms with E-state index in [9.17, 15) is 18.5 Å². The standard InChI is InChI=1S/C24H26ClN3O4S/c25-22-10-8-16(28(29)30)14-21(22)24-19-7-5-6-18(19)20-15-17(9-11-23(20)26-24)33(31,32)27-12-3-1-2-4-13-27/h5-6,8-11,14-15,18-19,24,26H,1-4,7,12-13H2. The first-order chi connectivity index (χ1) is 15.9. The third-order valence-electron chi connectivity index (χ3n) is 7.06. The summed E-state index contributed by atoms with van der Waals surface area (Å²) in [5.41, 5.74) is 2.48. The number of hydrogen-bond acceptors (Lipinski definition) is 5. The Bertz CT molecular complexity index is 1220. The molecule has 2 aromatic rings. The van der Waals surface area contributed by atoms with Gasteiger partial charge in [-0.2, -0.15) is 4.31 Å². The lowest BCUT2D eigenvalue weighted by atomic mass is 9.77. The Balaban J connectivity index is 1.52. The Morgan fingerprint density at radius 3 is 2.52 bits per heavy atom. The van der Waals surface area contributed by atoms with Gasteiger partial charge in [0.15, 0.2) is 0 Å². The van der Waals surface area contributed by atoms with Gasteiger partial charge < -0.3 is 5.32 Å². The highest BCUT2D eigenvalue weighted by Gasteiger charge is 2.40. The van der Waals surface area contributed by atoms with Gasteiger partial charge in [-0.1, -0.05) is 36.6 Å². The summed E-state index contributed by atoms with van der Waals surface area (Å²) in [6.07, 6.45) is 8.91. The molecule has 2 heterocycles. The Morgan fingerprint density at radius 1 is 1.03 bits per heavy atom. The monoisotopic (exact) mass is 487 g/mol. The van der Waals surface area contributed by atoms with Gasteiger partial charge in [-0.25, -0.2) is 8.42 Å². The number of non-ortho nitro benzene ring substituents is 1. The van der Waals surface area contributed by atoms with Gasteiger partial charge in [0.2, 0.25) is 10.0 Å². The third kappa shape index (κ3) is 4.05. The second-order valence-electron chi connectivity index (χ2n) is 9.01. The van der Waals surface area contributed by atoms with E-state index < -0.39 is 14.9 Å². The van der Waals surface area contributed by atoms with E-state index in [1.165, 1.54) is 6.07 Å². The molecule has 3 unspecified atom stereocenters. The Kier molecular flexibility index (Phi) is 5.93. The molecule has 0 spiro atoms. The van der Waals surface area contributed by atoms with Gasteiger partial charge in [0.1, 0.15) is 0 Å². The van der Waals surface area contributed by atoms with Crippen LogP contribution in [0.1, 0.15) is 55.2 Å². The first-order valence-electron chi connectivity index (χ1n) is 11.4. The van der Waals surface area contributed by atoms with Crippen LogP contribution in [0.2, 0.25) is 5.02 Å². The van der Waals surface area contributed by atoms with Gasteiger partial charge in [0.25, 0.3) is 5.69 Å². The van der Waals surface area contributed by atoms with Crippen molar-refractivity contribution in [2.45, 2.75) is 49.0 Å². The molecule has 7 nitrogen and oxygen atoms in total. The van der Waals surface area contributed by atoms with E-state index in [1.807, 2.05) is 6.07 Å². The van der Waals surface area contributed by atoms with E-state index >= 15 is 0 Å². The fraction of sp³-hybridized carbons (Fsp3) is 0.417. The largest absolute Gasteiger partial charge is 0.378 e. The van der Waals surface area contributed by atoms with Crippen molar-refractivity contribution in [2.24, 2.45) is 5.92 Å². The summed E-state index contributed by atoms with van der Waals surface area (Å²) in [6.45, 7) is 1.13. The number of nitrogens with one attached hydrogen (secondary N) is 1. The van der Waals surface area contributed by atoms with Crippen molar-refractivity contribution in [1.29, 1.82) is 0 Å². The Labute approximate surface area is 198 Å². The quantitative estimate of drug-likeness (QED) is 0.342.